The van der Waals surface area contributed by atoms with Crippen molar-refractivity contribution in [3.63, 3.8) is 0 Å². The normalized spacial score (nSPS) is 17.3. The molecule has 1 saturated heterocycles. The molecule has 2 heterocycles. The first-order valence-corrected chi connectivity index (χ1v) is 12.2. The van der Waals surface area contributed by atoms with E-state index in [4.69, 9.17) is 26.2 Å². The van der Waals surface area contributed by atoms with E-state index in [1.165, 1.54) is 24.3 Å². The van der Waals surface area contributed by atoms with E-state index in [9.17, 15) is 23.2 Å². The van der Waals surface area contributed by atoms with Gasteiger partial charge in [-0.15, -0.1) is 0 Å². The van der Waals surface area contributed by atoms with E-state index in [0.29, 0.717) is 24.8 Å². The number of aliphatic hydroxyl groups is 1. The highest BCUT2D eigenvalue weighted by Gasteiger charge is 2.23. The summed E-state index contributed by atoms with van der Waals surface area (Å²) in [7, 11) is 0. The van der Waals surface area contributed by atoms with Gasteiger partial charge in [-0.3, -0.25) is 14.4 Å². The van der Waals surface area contributed by atoms with Gasteiger partial charge < -0.3 is 30.2 Å². The molecule has 0 spiro atoms. The molecule has 1 aliphatic rings. The predicted octanol–water partition coefficient (Wildman–Crippen LogP) is 2.21. The van der Waals surface area contributed by atoms with E-state index < -0.39 is 35.6 Å². The minimum Gasteiger partial charge on any atom is -0.489 e. The van der Waals surface area contributed by atoms with Crippen LogP contribution in [0.5, 0.6) is 5.75 Å². The van der Waals surface area contributed by atoms with Gasteiger partial charge in [0.1, 0.15) is 17.8 Å². The number of aromatic nitrogens is 2. The van der Waals surface area contributed by atoms with Crippen molar-refractivity contribution in [3.8, 4) is 5.75 Å². The molecule has 0 bridgehead atoms. The zero-order valence-electron chi connectivity index (χ0n) is 20.1. The quantitative estimate of drug-likeness (QED) is 0.320. The van der Waals surface area contributed by atoms with Gasteiger partial charge in [0, 0.05) is 13.0 Å². The fourth-order valence-electron chi connectivity index (χ4n) is 4.06. The van der Waals surface area contributed by atoms with Crippen LogP contribution >= 0.6 is 11.6 Å². The second-order valence-corrected chi connectivity index (χ2v) is 9.12. The van der Waals surface area contributed by atoms with Crippen LogP contribution in [0, 0.1) is 11.6 Å². The first-order chi connectivity index (χ1) is 18.2. The lowest BCUT2D eigenvalue weighted by molar-refractivity contribution is -0.126. The second kappa shape index (κ2) is 12.3. The molecule has 202 valence electrons. The van der Waals surface area contributed by atoms with Crippen LogP contribution in [-0.4, -0.2) is 58.9 Å². The molecule has 2 amide bonds. The molecule has 1 fully saturated rings. The highest BCUT2D eigenvalue weighted by atomic mass is 35.5. The third-order valence-corrected chi connectivity index (χ3v) is 6.29. The number of carbonyl (C=O) groups excluding carboxylic acids is 2. The summed E-state index contributed by atoms with van der Waals surface area (Å²) in [4.78, 5) is 43.1. The lowest BCUT2D eigenvalue weighted by atomic mass is 10.0. The molecule has 4 rings (SSSR count). The van der Waals surface area contributed by atoms with Crippen LogP contribution in [0.15, 0.2) is 35.1 Å². The molecule has 2 atom stereocenters. The van der Waals surface area contributed by atoms with Crippen molar-refractivity contribution in [2.24, 2.45) is 0 Å². The highest BCUT2D eigenvalue weighted by Crippen LogP contribution is 2.26. The molecule has 1 aliphatic heterocycles. The number of hydrogen-bond donors (Lipinski definition) is 4. The Morgan fingerprint density at radius 1 is 1.21 bits per heavy atom. The first-order valence-electron chi connectivity index (χ1n) is 11.8. The molecule has 13 heteroatoms. The summed E-state index contributed by atoms with van der Waals surface area (Å²) < 4.78 is 39.2. The maximum absolute atomic E-state index is 14.6. The zero-order chi connectivity index (χ0) is 27.2. The van der Waals surface area contributed by atoms with Gasteiger partial charge in [0.05, 0.1) is 35.9 Å². The van der Waals surface area contributed by atoms with E-state index >= 15 is 0 Å². The molecular formula is C25H25ClF2N4O6. The van der Waals surface area contributed by atoms with Crippen molar-refractivity contribution in [2.75, 3.05) is 19.8 Å². The van der Waals surface area contributed by atoms with E-state index in [1.807, 2.05) is 0 Å². The summed E-state index contributed by atoms with van der Waals surface area (Å²) in [6.45, 7) is -0.246. The third kappa shape index (κ3) is 6.63. The van der Waals surface area contributed by atoms with Gasteiger partial charge in [-0.25, -0.2) is 13.8 Å². The molecular weight excluding hydrogens is 526 g/mol. The molecule has 1 aromatic heterocycles. The number of benzene rings is 2. The molecule has 10 nitrogen and oxygen atoms in total. The molecule has 0 aliphatic carbocycles. The van der Waals surface area contributed by atoms with E-state index in [0.717, 1.165) is 6.07 Å². The maximum atomic E-state index is 14.6. The highest BCUT2D eigenvalue weighted by molar-refractivity contribution is 6.30. The van der Waals surface area contributed by atoms with Crippen molar-refractivity contribution in [1.82, 2.24) is 20.6 Å². The monoisotopic (exact) mass is 550 g/mol. The largest absolute Gasteiger partial charge is 0.489 e. The Morgan fingerprint density at radius 3 is 2.71 bits per heavy atom. The van der Waals surface area contributed by atoms with Crippen LogP contribution in [-0.2, 0) is 16.1 Å². The summed E-state index contributed by atoms with van der Waals surface area (Å²) in [5.74, 6) is -3.08. The number of ether oxygens (including phenoxy) is 2. The minimum atomic E-state index is -0.758. The smallest absolute Gasteiger partial charge is 0.287 e. The van der Waals surface area contributed by atoms with Gasteiger partial charge >= 0.3 is 0 Å². The van der Waals surface area contributed by atoms with Crippen LogP contribution in [0.1, 0.15) is 35.4 Å². The third-order valence-electron chi connectivity index (χ3n) is 6.00. The van der Waals surface area contributed by atoms with Gasteiger partial charge in [-0.05, 0) is 42.7 Å². The van der Waals surface area contributed by atoms with Gasteiger partial charge in [-0.2, -0.15) is 0 Å². The number of nitrogens with zero attached hydrogens (tertiary/aromatic N) is 1. The van der Waals surface area contributed by atoms with Crippen LogP contribution in [0.25, 0.3) is 10.9 Å². The predicted molar refractivity (Wildman–Crippen MR) is 133 cm³/mol. The number of aliphatic hydroxyl groups excluding tert-OH is 1. The topological polar surface area (TPSA) is 143 Å². The SMILES string of the molecule is O=C(CO)NC1CCC(CCOc2c(F)ccc3nc(C(=O)NCc4ccc(F)c(Cl)c4)[nH]c(=O)c23)OC1. The number of fused-ring (bicyclic) bond motifs is 1. The average molecular weight is 551 g/mol. The average Bonchev–Trinajstić information content (AvgIpc) is 2.91. The number of halogens is 3. The van der Waals surface area contributed by atoms with Crippen molar-refractivity contribution < 1.29 is 33.0 Å². The van der Waals surface area contributed by atoms with Crippen LogP contribution in [0.4, 0.5) is 8.78 Å². The molecule has 2 aromatic carbocycles. The Labute approximate surface area is 220 Å². The molecule has 0 radical (unpaired) electrons. The molecule has 0 saturated carbocycles. The standard InChI is InChI=1S/C25H25ClF2N4O6/c26-16-9-13(1-4-17(16)27)10-29-25(36)23-31-19-6-5-18(28)22(21(19)24(35)32-23)37-8-7-15-3-2-14(12-38-15)30-20(34)11-33/h1,4-6,9,14-15,33H,2-3,7-8,10-12H2,(H,29,36)(H,30,34)(H,31,32,35). The van der Waals surface area contributed by atoms with Gasteiger partial charge in [-0.1, -0.05) is 17.7 Å². The van der Waals surface area contributed by atoms with Crippen LogP contribution in [0.2, 0.25) is 5.02 Å². The number of carbonyl (C=O) groups is 2. The fraction of sp³-hybridized carbons (Fsp3) is 0.360. The summed E-state index contributed by atoms with van der Waals surface area (Å²) in [6.07, 6.45) is 1.51. The molecule has 38 heavy (non-hydrogen) atoms. The van der Waals surface area contributed by atoms with E-state index in [1.54, 1.807) is 0 Å². The Balaban J connectivity index is 1.39. The summed E-state index contributed by atoms with van der Waals surface area (Å²) in [5.41, 5.74) is -0.148. The summed E-state index contributed by atoms with van der Waals surface area (Å²) in [5, 5.41) is 13.8. The van der Waals surface area contributed by atoms with E-state index in [2.05, 4.69) is 20.6 Å². The number of amides is 2. The molecule has 2 unspecified atom stereocenters. The Hall–Kier alpha value is -3.61. The van der Waals surface area contributed by atoms with Gasteiger partial charge in [0.2, 0.25) is 5.91 Å². The van der Waals surface area contributed by atoms with Gasteiger partial charge in [0.25, 0.3) is 11.5 Å². The summed E-state index contributed by atoms with van der Waals surface area (Å²) in [6, 6.07) is 6.17. The number of hydrogen-bond acceptors (Lipinski definition) is 7. The maximum Gasteiger partial charge on any atom is 0.287 e. The minimum absolute atomic E-state index is 0.0101. The van der Waals surface area contributed by atoms with Gasteiger partial charge in [0.15, 0.2) is 17.4 Å². The van der Waals surface area contributed by atoms with Crippen LogP contribution < -0.4 is 20.9 Å². The number of rotatable bonds is 9. The number of aromatic amines is 1. The number of H-pyrrole nitrogens is 1. The number of nitrogens with one attached hydrogen (secondary N) is 3. The first kappa shape index (κ1) is 27.4. The van der Waals surface area contributed by atoms with Crippen molar-refractivity contribution in [1.29, 1.82) is 0 Å². The Kier molecular flexibility index (Phi) is 8.87. The molecule has 4 N–H and O–H groups in total. The summed E-state index contributed by atoms with van der Waals surface area (Å²) >= 11 is 5.75. The van der Waals surface area contributed by atoms with Crippen LogP contribution in [0.3, 0.4) is 0 Å². The van der Waals surface area contributed by atoms with Crippen molar-refractivity contribution >= 4 is 34.3 Å². The fourth-order valence-corrected chi connectivity index (χ4v) is 4.26. The second-order valence-electron chi connectivity index (χ2n) is 8.71. The molecule has 3 aromatic rings. The zero-order valence-corrected chi connectivity index (χ0v) is 20.8. The Bertz CT molecular complexity index is 1390. The lowest BCUT2D eigenvalue weighted by Gasteiger charge is -2.29. The lowest BCUT2D eigenvalue weighted by Crippen LogP contribution is -2.44. The van der Waals surface area contributed by atoms with E-state index in [-0.39, 0.29) is 59.4 Å². The van der Waals surface area contributed by atoms with Crippen molar-refractivity contribution in [3.05, 3.63) is 68.7 Å². The van der Waals surface area contributed by atoms with Crippen molar-refractivity contribution in [2.45, 2.75) is 38.0 Å². The Morgan fingerprint density at radius 2 is 2.00 bits per heavy atom.